The standard InChI is InChI=1S/C11H23N3O3/c1-9(2)7-14-10(15)3-5-13-11(16)8-17-6-4-12/h9H,3-8,12H2,1-2H3,(H,13,16)(H,14,15). The molecule has 0 aromatic carbocycles. The third-order valence-electron chi connectivity index (χ3n) is 1.88. The minimum Gasteiger partial charge on any atom is -0.370 e. The Balaban J connectivity index is 3.42. The quantitative estimate of drug-likeness (QED) is 0.465. The maximum Gasteiger partial charge on any atom is 0.246 e. The lowest BCUT2D eigenvalue weighted by molar-refractivity contribution is -0.125. The van der Waals surface area contributed by atoms with Gasteiger partial charge in [0.25, 0.3) is 0 Å². The second-order valence-electron chi connectivity index (χ2n) is 4.14. The molecule has 17 heavy (non-hydrogen) atoms. The Kier molecular flexibility index (Phi) is 9.37. The van der Waals surface area contributed by atoms with E-state index in [0.29, 0.717) is 32.2 Å². The van der Waals surface area contributed by atoms with Crippen LogP contribution in [0.5, 0.6) is 0 Å². The van der Waals surface area contributed by atoms with Crippen LogP contribution < -0.4 is 16.4 Å². The molecule has 0 aliphatic rings. The third-order valence-corrected chi connectivity index (χ3v) is 1.88. The zero-order valence-corrected chi connectivity index (χ0v) is 10.6. The molecule has 0 bridgehead atoms. The third kappa shape index (κ3) is 11.1. The Labute approximate surface area is 102 Å². The molecule has 0 aromatic rings. The maximum atomic E-state index is 11.3. The Bertz CT molecular complexity index is 232. The van der Waals surface area contributed by atoms with E-state index in [4.69, 9.17) is 10.5 Å². The lowest BCUT2D eigenvalue weighted by Crippen LogP contribution is -2.34. The Hall–Kier alpha value is -1.14. The molecule has 0 aliphatic carbocycles. The van der Waals surface area contributed by atoms with Crippen LogP contribution in [-0.2, 0) is 14.3 Å². The molecular weight excluding hydrogens is 222 g/mol. The van der Waals surface area contributed by atoms with Crippen molar-refractivity contribution in [3.63, 3.8) is 0 Å². The number of nitrogens with two attached hydrogens (primary N) is 1. The SMILES string of the molecule is CC(C)CNC(=O)CCNC(=O)COCCN. The lowest BCUT2D eigenvalue weighted by atomic mass is 10.2. The summed E-state index contributed by atoms with van der Waals surface area (Å²) in [5, 5.41) is 5.36. The first kappa shape index (κ1) is 15.9. The number of amides is 2. The monoisotopic (exact) mass is 245 g/mol. The van der Waals surface area contributed by atoms with E-state index in [1.165, 1.54) is 0 Å². The molecule has 0 fully saturated rings. The van der Waals surface area contributed by atoms with Crippen LogP contribution in [0, 0.1) is 5.92 Å². The van der Waals surface area contributed by atoms with Gasteiger partial charge in [-0.3, -0.25) is 9.59 Å². The van der Waals surface area contributed by atoms with E-state index in [2.05, 4.69) is 10.6 Å². The number of hydrogen-bond donors (Lipinski definition) is 3. The molecule has 100 valence electrons. The van der Waals surface area contributed by atoms with Gasteiger partial charge >= 0.3 is 0 Å². The molecule has 0 saturated heterocycles. The molecule has 0 saturated carbocycles. The van der Waals surface area contributed by atoms with Crippen molar-refractivity contribution in [2.45, 2.75) is 20.3 Å². The van der Waals surface area contributed by atoms with E-state index >= 15 is 0 Å². The number of nitrogens with one attached hydrogen (secondary N) is 2. The van der Waals surface area contributed by atoms with Crippen molar-refractivity contribution in [3.8, 4) is 0 Å². The van der Waals surface area contributed by atoms with E-state index in [1.54, 1.807) is 0 Å². The molecule has 0 radical (unpaired) electrons. The number of hydrogen-bond acceptors (Lipinski definition) is 4. The highest BCUT2D eigenvalue weighted by Crippen LogP contribution is 1.88. The van der Waals surface area contributed by atoms with Gasteiger partial charge in [-0.05, 0) is 5.92 Å². The van der Waals surface area contributed by atoms with E-state index in [0.717, 1.165) is 0 Å². The van der Waals surface area contributed by atoms with Crippen LogP contribution in [-0.4, -0.2) is 44.7 Å². The van der Waals surface area contributed by atoms with Crippen molar-refractivity contribution in [3.05, 3.63) is 0 Å². The molecule has 6 heteroatoms. The van der Waals surface area contributed by atoms with Crippen LogP contribution >= 0.6 is 0 Å². The van der Waals surface area contributed by atoms with Crippen molar-refractivity contribution >= 4 is 11.8 Å². The van der Waals surface area contributed by atoms with Crippen molar-refractivity contribution < 1.29 is 14.3 Å². The first-order valence-electron chi connectivity index (χ1n) is 5.87. The van der Waals surface area contributed by atoms with E-state index < -0.39 is 0 Å². The summed E-state index contributed by atoms with van der Waals surface area (Å²) >= 11 is 0. The minimum atomic E-state index is -0.227. The Morgan fingerprint density at radius 3 is 2.53 bits per heavy atom. The average molecular weight is 245 g/mol. The van der Waals surface area contributed by atoms with Crippen LogP contribution in [0.3, 0.4) is 0 Å². The minimum absolute atomic E-state index is 0.00911. The Morgan fingerprint density at radius 1 is 1.24 bits per heavy atom. The van der Waals surface area contributed by atoms with Crippen LogP contribution in [0.15, 0.2) is 0 Å². The number of carbonyl (C=O) groups is 2. The number of carbonyl (C=O) groups excluding carboxylic acids is 2. The lowest BCUT2D eigenvalue weighted by Gasteiger charge is -2.08. The summed E-state index contributed by atoms with van der Waals surface area (Å²) < 4.78 is 4.94. The zero-order chi connectivity index (χ0) is 13.1. The fraction of sp³-hybridized carbons (Fsp3) is 0.818. The molecule has 2 amide bonds. The fourth-order valence-electron chi connectivity index (χ4n) is 1.02. The van der Waals surface area contributed by atoms with Gasteiger partial charge in [0.1, 0.15) is 6.61 Å². The normalized spacial score (nSPS) is 10.4. The summed E-state index contributed by atoms with van der Waals surface area (Å²) in [5.74, 6) is 0.148. The van der Waals surface area contributed by atoms with Gasteiger partial charge in [-0.1, -0.05) is 13.8 Å². The predicted molar refractivity (Wildman–Crippen MR) is 65.3 cm³/mol. The van der Waals surface area contributed by atoms with Gasteiger partial charge in [-0.2, -0.15) is 0 Å². The Morgan fingerprint density at radius 2 is 1.94 bits per heavy atom. The molecule has 4 N–H and O–H groups in total. The highest BCUT2D eigenvalue weighted by Gasteiger charge is 2.04. The average Bonchev–Trinajstić information content (AvgIpc) is 2.27. The van der Waals surface area contributed by atoms with Crippen molar-refractivity contribution in [1.29, 1.82) is 0 Å². The van der Waals surface area contributed by atoms with Gasteiger partial charge in [0.05, 0.1) is 6.61 Å². The topological polar surface area (TPSA) is 93.5 Å². The van der Waals surface area contributed by atoms with Crippen molar-refractivity contribution in [2.75, 3.05) is 32.8 Å². The zero-order valence-electron chi connectivity index (χ0n) is 10.6. The first-order chi connectivity index (χ1) is 8.06. The number of rotatable bonds is 9. The largest absolute Gasteiger partial charge is 0.370 e. The fourth-order valence-corrected chi connectivity index (χ4v) is 1.02. The predicted octanol–water partition coefficient (Wildman–Crippen LogP) is -0.760. The van der Waals surface area contributed by atoms with Crippen LogP contribution in [0.25, 0.3) is 0 Å². The van der Waals surface area contributed by atoms with E-state index in [9.17, 15) is 9.59 Å². The highest BCUT2D eigenvalue weighted by atomic mass is 16.5. The summed E-state index contributed by atoms with van der Waals surface area (Å²) in [6, 6.07) is 0. The van der Waals surface area contributed by atoms with Gasteiger partial charge in [-0.25, -0.2) is 0 Å². The number of ether oxygens (including phenoxy) is 1. The first-order valence-corrected chi connectivity index (χ1v) is 5.87. The van der Waals surface area contributed by atoms with E-state index in [1.807, 2.05) is 13.8 Å². The van der Waals surface area contributed by atoms with Gasteiger partial charge in [-0.15, -0.1) is 0 Å². The molecule has 0 unspecified atom stereocenters. The van der Waals surface area contributed by atoms with Crippen LogP contribution in [0.4, 0.5) is 0 Å². The van der Waals surface area contributed by atoms with E-state index in [-0.39, 0.29) is 24.8 Å². The molecule has 0 aliphatic heterocycles. The molecule has 0 aromatic heterocycles. The molecule has 0 heterocycles. The van der Waals surface area contributed by atoms with Crippen LogP contribution in [0.2, 0.25) is 0 Å². The smallest absolute Gasteiger partial charge is 0.246 e. The second-order valence-corrected chi connectivity index (χ2v) is 4.14. The highest BCUT2D eigenvalue weighted by molar-refractivity contribution is 5.79. The summed E-state index contributed by atoms with van der Waals surface area (Å²) in [7, 11) is 0. The van der Waals surface area contributed by atoms with Gasteiger partial charge in [0, 0.05) is 26.1 Å². The summed E-state index contributed by atoms with van der Waals surface area (Å²) in [5.41, 5.74) is 5.20. The van der Waals surface area contributed by atoms with Gasteiger partial charge in [0.2, 0.25) is 11.8 Å². The summed E-state index contributed by atoms with van der Waals surface area (Å²) in [4.78, 5) is 22.4. The molecule has 6 nitrogen and oxygen atoms in total. The molecule has 0 rings (SSSR count). The summed E-state index contributed by atoms with van der Waals surface area (Å²) in [6.45, 7) is 5.78. The summed E-state index contributed by atoms with van der Waals surface area (Å²) in [6.07, 6.45) is 0.287. The van der Waals surface area contributed by atoms with Crippen molar-refractivity contribution in [2.24, 2.45) is 11.7 Å². The molecular formula is C11H23N3O3. The van der Waals surface area contributed by atoms with Gasteiger partial charge < -0.3 is 21.1 Å². The second kappa shape index (κ2) is 10.0. The van der Waals surface area contributed by atoms with Crippen LogP contribution in [0.1, 0.15) is 20.3 Å². The molecule has 0 atom stereocenters. The van der Waals surface area contributed by atoms with Gasteiger partial charge in [0.15, 0.2) is 0 Å². The molecule has 0 spiro atoms. The van der Waals surface area contributed by atoms with Crippen molar-refractivity contribution in [1.82, 2.24) is 10.6 Å². The maximum absolute atomic E-state index is 11.3.